The number of pyridine rings is 1. The van der Waals surface area contributed by atoms with Crippen molar-refractivity contribution in [3.63, 3.8) is 0 Å². The van der Waals surface area contributed by atoms with Crippen molar-refractivity contribution in [2.75, 3.05) is 7.11 Å². The molecule has 0 atom stereocenters. The number of carbonyl (C=O) groups excluding carboxylic acids is 1. The first-order valence-corrected chi connectivity index (χ1v) is 4.20. The molecule has 17 heavy (non-hydrogen) atoms. The van der Waals surface area contributed by atoms with Crippen LogP contribution in [-0.4, -0.2) is 18.4 Å². The highest BCUT2D eigenvalue weighted by molar-refractivity contribution is 5.81. The Balaban J connectivity index is 3.51. The van der Waals surface area contributed by atoms with Crippen molar-refractivity contribution >= 4 is 6.29 Å². The third kappa shape index (κ3) is 2.69. The predicted molar refractivity (Wildman–Crippen MR) is 46.1 cm³/mol. The summed E-state index contributed by atoms with van der Waals surface area (Å²) in [5, 5.41) is 0. The Morgan fingerprint density at radius 2 is 2.00 bits per heavy atom. The SMILES string of the molecule is COc1cc(C(F)(F)F)nc(C(F)F)c1C=O. The zero-order chi connectivity index (χ0) is 13.2. The number of halogens is 5. The minimum Gasteiger partial charge on any atom is -0.496 e. The van der Waals surface area contributed by atoms with Gasteiger partial charge in [-0.15, -0.1) is 0 Å². The molecule has 0 aliphatic heterocycles. The Hall–Kier alpha value is -1.73. The Kier molecular flexibility index (Phi) is 3.64. The van der Waals surface area contributed by atoms with Crippen molar-refractivity contribution < 1.29 is 31.5 Å². The van der Waals surface area contributed by atoms with Gasteiger partial charge in [-0.2, -0.15) is 13.2 Å². The Morgan fingerprint density at radius 3 is 2.35 bits per heavy atom. The fourth-order valence-corrected chi connectivity index (χ4v) is 1.15. The van der Waals surface area contributed by atoms with E-state index >= 15 is 0 Å². The molecule has 1 heterocycles. The number of aldehydes is 1. The maximum atomic E-state index is 12.5. The summed E-state index contributed by atoms with van der Waals surface area (Å²) in [5.74, 6) is -0.586. The van der Waals surface area contributed by atoms with Crippen LogP contribution in [0.15, 0.2) is 6.07 Å². The van der Waals surface area contributed by atoms with Crippen LogP contribution in [-0.2, 0) is 6.18 Å². The Bertz CT molecular complexity index is 430. The van der Waals surface area contributed by atoms with Gasteiger partial charge in [0.25, 0.3) is 6.43 Å². The third-order valence-corrected chi connectivity index (χ3v) is 1.89. The predicted octanol–water partition coefficient (Wildman–Crippen LogP) is 2.86. The summed E-state index contributed by atoms with van der Waals surface area (Å²) in [4.78, 5) is 13.3. The summed E-state index contributed by atoms with van der Waals surface area (Å²) in [6, 6.07) is 0.398. The standard InChI is InChI=1S/C9H6F5NO2/c1-17-5-2-6(9(12,13)14)15-7(8(10)11)4(5)3-16/h2-3,8H,1H3. The molecule has 0 amide bonds. The number of hydrogen-bond acceptors (Lipinski definition) is 3. The van der Waals surface area contributed by atoms with Gasteiger partial charge in [-0.05, 0) is 0 Å². The number of hydrogen-bond donors (Lipinski definition) is 0. The number of rotatable bonds is 3. The van der Waals surface area contributed by atoms with Gasteiger partial charge >= 0.3 is 6.18 Å². The first-order valence-electron chi connectivity index (χ1n) is 4.20. The molecule has 94 valence electrons. The molecule has 0 fully saturated rings. The highest BCUT2D eigenvalue weighted by Gasteiger charge is 2.35. The lowest BCUT2D eigenvalue weighted by atomic mass is 10.1. The number of methoxy groups -OCH3 is 1. The summed E-state index contributed by atoms with van der Waals surface area (Å²) in [5.41, 5.74) is -3.46. The zero-order valence-electron chi connectivity index (χ0n) is 8.39. The lowest BCUT2D eigenvalue weighted by molar-refractivity contribution is -0.141. The average molecular weight is 255 g/mol. The summed E-state index contributed by atoms with van der Waals surface area (Å²) >= 11 is 0. The molecule has 1 aromatic heterocycles. The van der Waals surface area contributed by atoms with Crippen LogP contribution in [0.5, 0.6) is 5.75 Å². The van der Waals surface area contributed by atoms with Gasteiger partial charge in [-0.3, -0.25) is 4.79 Å². The zero-order valence-corrected chi connectivity index (χ0v) is 8.39. The van der Waals surface area contributed by atoms with Gasteiger partial charge < -0.3 is 4.74 Å². The van der Waals surface area contributed by atoms with Crippen LogP contribution in [0.4, 0.5) is 22.0 Å². The van der Waals surface area contributed by atoms with Crippen LogP contribution in [0.3, 0.4) is 0 Å². The molecule has 0 saturated carbocycles. The van der Waals surface area contributed by atoms with Crippen LogP contribution in [0.25, 0.3) is 0 Å². The molecule has 1 aromatic rings. The molecular formula is C9H6F5NO2. The van der Waals surface area contributed by atoms with E-state index < -0.39 is 35.3 Å². The highest BCUT2D eigenvalue weighted by Crippen LogP contribution is 2.34. The minimum atomic E-state index is -4.89. The molecule has 0 radical (unpaired) electrons. The van der Waals surface area contributed by atoms with E-state index in [2.05, 4.69) is 9.72 Å². The van der Waals surface area contributed by atoms with E-state index in [4.69, 9.17) is 0 Å². The molecule has 0 unspecified atom stereocenters. The molecule has 0 aliphatic carbocycles. The van der Waals surface area contributed by atoms with Gasteiger partial charge in [0.1, 0.15) is 17.1 Å². The second kappa shape index (κ2) is 4.64. The van der Waals surface area contributed by atoms with Gasteiger partial charge in [0.05, 0.1) is 12.7 Å². The molecular weight excluding hydrogens is 249 g/mol. The normalized spacial score (nSPS) is 11.7. The molecule has 0 bridgehead atoms. The molecule has 0 aliphatic rings. The number of ether oxygens (including phenoxy) is 1. The molecule has 0 N–H and O–H groups in total. The maximum Gasteiger partial charge on any atom is 0.433 e. The van der Waals surface area contributed by atoms with E-state index in [1.54, 1.807) is 0 Å². The van der Waals surface area contributed by atoms with Crippen molar-refractivity contribution in [3.8, 4) is 5.75 Å². The van der Waals surface area contributed by atoms with Crippen LogP contribution in [0.1, 0.15) is 28.2 Å². The molecule has 1 rings (SSSR count). The van der Waals surface area contributed by atoms with Crippen LogP contribution in [0, 0.1) is 0 Å². The second-order valence-corrected chi connectivity index (χ2v) is 2.92. The second-order valence-electron chi connectivity index (χ2n) is 2.92. The van der Waals surface area contributed by atoms with Crippen LogP contribution >= 0.6 is 0 Å². The third-order valence-electron chi connectivity index (χ3n) is 1.89. The topological polar surface area (TPSA) is 39.2 Å². The van der Waals surface area contributed by atoms with E-state index in [-0.39, 0.29) is 6.29 Å². The summed E-state index contributed by atoms with van der Waals surface area (Å²) in [7, 11) is 0.970. The molecule has 0 aromatic carbocycles. The van der Waals surface area contributed by atoms with Gasteiger partial charge in [0.15, 0.2) is 6.29 Å². The van der Waals surface area contributed by atoms with E-state index in [0.29, 0.717) is 6.07 Å². The van der Waals surface area contributed by atoms with Gasteiger partial charge in [0, 0.05) is 6.07 Å². The smallest absolute Gasteiger partial charge is 0.433 e. The lowest BCUT2D eigenvalue weighted by Crippen LogP contribution is -2.12. The van der Waals surface area contributed by atoms with Crippen LogP contribution in [0.2, 0.25) is 0 Å². The van der Waals surface area contributed by atoms with E-state index in [1.807, 2.05) is 0 Å². The van der Waals surface area contributed by atoms with Crippen molar-refractivity contribution in [3.05, 3.63) is 23.0 Å². The molecule has 3 nitrogen and oxygen atoms in total. The van der Waals surface area contributed by atoms with Gasteiger partial charge in [0.2, 0.25) is 0 Å². The summed E-state index contributed by atoms with van der Waals surface area (Å²) in [6.07, 6.45) is -8.21. The Labute approximate surface area is 92.2 Å². The minimum absolute atomic E-state index is 0.0204. The number of carbonyl (C=O) groups is 1. The van der Waals surface area contributed by atoms with Gasteiger partial charge in [-0.1, -0.05) is 0 Å². The van der Waals surface area contributed by atoms with Gasteiger partial charge in [-0.25, -0.2) is 13.8 Å². The summed E-state index contributed by atoms with van der Waals surface area (Å²) < 4.78 is 66.4. The fourth-order valence-electron chi connectivity index (χ4n) is 1.15. The summed E-state index contributed by atoms with van der Waals surface area (Å²) in [6.45, 7) is 0. The molecule has 0 saturated heterocycles. The van der Waals surface area contributed by atoms with Crippen molar-refractivity contribution in [2.45, 2.75) is 12.6 Å². The van der Waals surface area contributed by atoms with Crippen molar-refractivity contribution in [1.29, 1.82) is 0 Å². The first kappa shape index (κ1) is 13.3. The van der Waals surface area contributed by atoms with Crippen molar-refractivity contribution in [2.24, 2.45) is 0 Å². The fraction of sp³-hybridized carbons (Fsp3) is 0.333. The van der Waals surface area contributed by atoms with Crippen LogP contribution < -0.4 is 4.74 Å². The Morgan fingerprint density at radius 1 is 1.41 bits per heavy atom. The first-order chi connectivity index (χ1) is 7.81. The van der Waals surface area contributed by atoms with E-state index in [9.17, 15) is 26.7 Å². The number of alkyl halides is 5. The van der Waals surface area contributed by atoms with E-state index in [0.717, 1.165) is 7.11 Å². The average Bonchev–Trinajstić information content (AvgIpc) is 2.25. The maximum absolute atomic E-state index is 12.5. The lowest BCUT2D eigenvalue weighted by Gasteiger charge is -2.12. The quantitative estimate of drug-likeness (QED) is 0.615. The molecule has 0 spiro atoms. The van der Waals surface area contributed by atoms with Crippen molar-refractivity contribution in [1.82, 2.24) is 4.98 Å². The molecule has 8 heteroatoms. The monoisotopic (exact) mass is 255 g/mol. The largest absolute Gasteiger partial charge is 0.496 e. The van der Waals surface area contributed by atoms with E-state index in [1.165, 1.54) is 0 Å². The number of aromatic nitrogens is 1. The highest BCUT2D eigenvalue weighted by atomic mass is 19.4. The number of nitrogens with zero attached hydrogens (tertiary/aromatic N) is 1.